The van der Waals surface area contributed by atoms with Crippen molar-refractivity contribution < 1.29 is 52.1 Å². The molecule has 0 atom stereocenters. The van der Waals surface area contributed by atoms with Gasteiger partial charge in [-0.05, 0) is 30.5 Å². The molecule has 0 aliphatic rings. The van der Waals surface area contributed by atoms with Crippen LogP contribution in [0.1, 0.15) is 57.4 Å². The summed E-state index contributed by atoms with van der Waals surface area (Å²) in [6.45, 7) is 12.9. The number of ether oxygens (including phenoxy) is 11. The average molecular weight is 699 g/mol. The van der Waals surface area contributed by atoms with Gasteiger partial charge in [-0.3, -0.25) is 0 Å². The van der Waals surface area contributed by atoms with Gasteiger partial charge in [-0.1, -0.05) is 63.5 Å². The van der Waals surface area contributed by atoms with Gasteiger partial charge in [0.05, 0.1) is 126 Å². The van der Waals surface area contributed by atoms with Gasteiger partial charge in [0.1, 0.15) is 19.0 Å². The molecule has 11 nitrogen and oxygen atoms in total. The van der Waals surface area contributed by atoms with Crippen molar-refractivity contribution in [2.75, 3.05) is 139 Å². The van der Waals surface area contributed by atoms with Crippen LogP contribution in [0.2, 0.25) is 0 Å². The number of rotatable bonds is 40. The van der Waals surface area contributed by atoms with Crippen molar-refractivity contribution in [2.45, 2.75) is 58.3 Å². The monoisotopic (exact) mass is 698 g/mol. The minimum absolute atomic E-state index is 0.309. The lowest BCUT2D eigenvalue weighted by Gasteiger charge is -2.09. The third kappa shape index (κ3) is 34.4. The summed E-state index contributed by atoms with van der Waals surface area (Å²) >= 11 is 0. The molecular weight excluding hydrogens is 632 g/mol. The van der Waals surface area contributed by atoms with E-state index in [1.165, 1.54) is 50.5 Å². The molecule has 0 radical (unpaired) electrons. The highest BCUT2D eigenvalue weighted by molar-refractivity contribution is 5.27. The Hall–Kier alpha value is -1.82. The number of terminal acetylenes is 1. The lowest BCUT2D eigenvalue weighted by atomic mass is 10.0. The number of hydrogen-bond donors (Lipinski definition) is 0. The first-order chi connectivity index (χ1) is 24.4. The van der Waals surface area contributed by atoms with Gasteiger partial charge in [0.2, 0.25) is 0 Å². The van der Waals surface area contributed by atoms with E-state index in [0.717, 1.165) is 12.2 Å². The lowest BCUT2D eigenvalue weighted by Crippen LogP contribution is -2.15. The molecule has 0 unspecified atom stereocenters. The molecule has 0 aliphatic heterocycles. The first-order valence-electron chi connectivity index (χ1n) is 18.3. The van der Waals surface area contributed by atoms with Crippen LogP contribution in [-0.4, -0.2) is 139 Å². The van der Waals surface area contributed by atoms with Crippen molar-refractivity contribution in [3.63, 3.8) is 0 Å². The van der Waals surface area contributed by atoms with E-state index in [-0.39, 0.29) is 0 Å². The van der Waals surface area contributed by atoms with Crippen LogP contribution in [0.3, 0.4) is 0 Å². The second kappa shape index (κ2) is 39.0. The van der Waals surface area contributed by atoms with Gasteiger partial charge < -0.3 is 52.1 Å². The molecule has 0 aromatic heterocycles. The zero-order valence-electron chi connectivity index (χ0n) is 30.4. The summed E-state index contributed by atoms with van der Waals surface area (Å²) in [6.07, 6.45) is 15.6. The van der Waals surface area contributed by atoms with Gasteiger partial charge in [0.15, 0.2) is 0 Å². The summed E-state index contributed by atoms with van der Waals surface area (Å²) in [5, 5.41) is 0. The highest BCUT2D eigenvalue weighted by Crippen LogP contribution is 2.15. The van der Waals surface area contributed by atoms with Crippen molar-refractivity contribution in [1.82, 2.24) is 0 Å². The van der Waals surface area contributed by atoms with E-state index in [2.05, 4.69) is 37.1 Å². The second-order valence-corrected chi connectivity index (χ2v) is 11.1. The maximum absolute atomic E-state index is 5.78. The standard InChI is InChI=1S/C38H66O11/c1-3-5-6-7-8-9-10-11-37-12-14-38(15-13-37)49-36-35-48-34-33-47-32-31-46-30-29-45-28-27-44-26-25-43-24-23-42-22-21-41-20-19-40-18-17-39-16-4-2/h2,12-15H,3,5-11,16-36H2,1H3. The third-order valence-electron chi connectivity index (χ3n) is 7.02. The van der Waals surface area contributed by atoms with Gasteiger partial charge >= 0.3 is 0 Å². The first-order valence-corrected chi connectivity index (χ1v) is 18.3. The van der Waals surface area contributed by atoms with Gasteiger partial charge in [-0.15, -0.1) is 6.42 Å². The summed E-state index contributed by atoms with van der Waals surface area (Å²) < 4.78 is 60.2. The first kappa shape index (κ1) is 45.2. The summed E-state index contributed by atoms with van der Waals surface area (Å²) in [4.78, 5) is 0. The van der Waals surface area contributed by atoms with E-state index >= 15 is 0 Å². The molecule has 1 aromatic carbocycles. The Balaban J connectivity index is 1.70. The van der Waals surface area contributed by atoms with Crippen molar-refractivity contribution in [2.24, 2.45) is 0 Å². The molecule has 11 heteroatoms. The number of aryl methyl sites for hydroxylation is 1. The summed E-state index contributed by atoms with van der Waals surface area (Å²) in [5.41, 5.74) is 1.38. The number of hydrogen-bond acceptors (Lipinski definition) is 11. The molecule has 0 bridgehead atoms. The fraction of sp³-hybridized carbons (Fsp3) is 0.789. The zero-order valence-corrected chi connectivity index (χ0v) is 30.4. The Morgan fingerprint density at radius 1 is 0.408 bits per heavy atom. The molecule has 284 valence electrons. The van der Waals surface area contributed by atoms with Crippen LogP contribution in [0, 0.1) is 12.3 Å². The van der Waals surface area contributed by atoms with Crippen LogP contribution in [0.15, 0.2) is 24.3 Å². The molecule has 0 saturated heterocycles. The molecule has 1 aromatic rings. The second-order valence-electron chi connectivity index (χ2n) is 11.1. The van der Waals surface area contributed by atoms with Crippen molar-refractivity contribution >= 4 is 0 Å². The Morgan fingerprint density at radius 2 is 0.735 bits per heavy atom. The minimum atomic E-state index is 0.309. The normalized spacial score (nSPS) is 11.3. The van der Waals surface area contributed by atoms with E-state index < -0.39 is 0 Å². The predicted molar refractivity (Wildman–Crippen MR) is 191 cm³/mol. The van der Waals surface area contributed by atoms with Crippen LogP contribution in [0.4, 0.5) is 0 Å². The highest BCUT2D eigenvalue weighted by atomic mass is 16.6. The SMILES string of the molecule is C#CCOCCOCCOCCOCCOCCOCCOCCOCCOCCOCCOc1ccc(CCCCCCCCC)cc1. The molecule has 49 heavy (non-hydrogen) atoms. The molecule has 0 N–H and O–H groups in total. The summed E-state index contributed by atoms with van der Waals surface area (Å²) in [6, 6.07) is 8.45. The van der Waals surface area contributed by atoms with Crippen LogP contribution in [0.25, 0.3) is 0 Å². The molecule has 1 rings (SSSR count). The van der Waals surface area contributed by atoms with Gasteiger partial charge in [0.25, 0.3) is 0 Å². The van der Waals surface area contributed by atoms with Gasteiger partial charge in [-0.2, -0.15) is 0 Å². The Bertz CT molecular complexity index is 819. The van der Waals surface area contributed by atoms with Crippen molar-refractivity contribution in [1.29, 1.82) is 0 Å². The maximum Gasteiger partial charge on any atom is 0.119 e. The zero-order chi connectivity index (χ0) is 35.0. The van der Waals surface area contributed by atoms with E-state index in [9.17, 15) is 0 Å². The molecule has 0 spiro atoms. The molecule has 0 amide bonds. The van der Waals surface area contributed by atoms with E-state index in [1.807, 2.05) is 0 Å². The van der Waals surface area contributed by atoms with Crippen molar-refractivity contribution in [3.05, 3.63) is 29.8 Å². The third-order valence-corrected chi connectivity index (χ3v) is 7.02. The lowest BCUT2D eigenvalue weighted by molar-refractivity contribution is -0.0264. The van der Waals surface area contributed by atoms with E-state index in [1.54, 1.807) is 0 Å². The quantitative estimate of drug-likeness (QED) is 0.0672. The fourth-order valence-electron chi connectivity index (χ4n) is 4.37. The summed E-state index contributed by atoms with van der Waals surface area (Å²) in [5.74, 6) is 3.29. The Kier molecular flexibility index (Phi) is 36.0. The number of benzene rings is 1. The van der Waals surface area contributed by atoms with Crippen LogP contribution in [-0.2, 0) is 53.8 Å². The van der Waals surface area contributed by atoms with Gasteiger partial charge in [0, 0.05) is 0 Å². The smallest absolute Gasteiger partial charge is 0.119 e. The minimum Gasteiger partial charge on any atom is -0.491 e. The Labute approximate surface area is 296 Å². The van der Waals surface area contributed by atoms with E-state index in [4.69, 9.17) is 58.5 Å². The van der Waals surface area contributed by atoms with Crippen molar-refractivity contribution in [3.8, 4) is 18.1 Å². The fourth-order valence-corrected chi connectivity index (χ4v) is 4.37. The maximum atomic E-state index is 5.78. The largest absolute Gasteiger partial charge is 0.491 e. The highest BCUT2D eigenvalue weighted by Gasteiger charge is 1.99. The van der Waals surface area contributed by atoms with Crippen LogP contribution >= 0.6 is 0 Å². The number of unbranched alkanes of at least 4 members (excludes halogenated alkanes) is 6. The van der Waals surface area contributed by atoms with E-state index in [0.29, 0.717) is 139 Å². The molecule has 0 fully saturated rings. The van der Waals surface area contributed by atoms with Crippen LogP contribution < -0.4 is 4.74 Å². The Morgan fingerprint density at radius 3 is 1.10 bits per heavy atom. The molecule has 0 aliphatic carbocycles. The molecule has 0 saturated carbocycles. The predicted octanol–water partition coefficient (Wildman–Crippen LogP) is 5.16. The van der Waals surface area contributed by atoms with Crippen LogP contribution in [0.5, 0.6) is 5.75 Å². The summed E-state index contributed by atoms with van der Waals surface area (Å²) in [7, 11) is 0. The molecule has 0 heterocycles. The van der Waals surface area contributed by atoms with Gasteiger partial charge in [-0.25, -0.2) is 0 Å². The topological polar surface area (TPSA) is 102 Å². The molecular formula is C38H66O11. The average Bonchev–Trinajstić information content (AvgIpc) is 3.12.